The molecule has 0 heterocycles. The summed E-state index contributed by atoms with van der Waals surface area (Å²) >= 11 is 0. The summed E-state index contributed by atoms with van der Waals surface area (Å²) in [5.74, 6) is -1.15. The van der Waals surface area contributed by atoms with Crippen LogP contribution >= 0.6 is 0 Å². The molecule has 18 heavy (non-hydrogen) atoms. The van der Waals surface area contributed by atoms with Gasteiger partial charge in [-0.25, -0.2) is 4.39 Å². The first-order chi connectivity index (χ1) is 8.45. The van der Waals surface area contributed by atoms with Gasteiger partial charge in [-0.2, -0.15) is 0 Å². The van der Waals surface area contributed by atoms with Gasteiger partial charge in [0.1, 0.15) is 5.82 Å². The summed E-state index contributed by atoms with van der Waals surface area (Å²) in [5, 5.41) is 9.31. The van der Waals surface area contributed by atoms with Crippen molar-refractivity contribution in [2.45, 2.75) is 31.2 Å². The second-order valence-corrected chi connectivity index (χ2v) is 5.28. The third-order valence-corrected chi connectivity index (χ3v) is 3.71. The molecule has 0 amide bonds. The number of halogens is 1. The molecule has 3 nitrogen and oxygen atoms in total. The smallest absolute Gasteiger partial charge is 0.314 e. The van der Waals surface area contributed by atoms with Gasteiger partial charge in [-0.1, -0.05) is 18.6 Å². The molecule has 98 valence electrons. The molecule has 1 aromatic rings. The molecule has 0 radical (unpaired) electrons. The molecule has 1 saturated carbocycles. The molecular formula is C14H18FNO2. The molecule has 0 saturated heterocycles. The van der Waals surface area contributed by atoms with E-state index in [1.54, 1.807) is 12.1 Å². The molecule has 0 atom stereocenters. The summed E-state index contributed by atoms with van der Waals surface area (Å²) in [6.45, 7) is 0.520. The van der Waals surface area contributed by atoms with Crippen LogP contribution in [0.4, 0.5) is 4.39 Å². The number of carboxylic acid groups (broad SMARTS) is 1. The standard InChI is InChI=1S/C14H18FNO2/c1-16(2)9-10-4-5-11(8-12(10)15)14(13(17)18)6-3-7-14/h4-5,8H,3,6-7,9H2,1-2H3,(H,17,18). The summed E-state index contributed by atoms with van der Waals surface area (Å²) in [4.78, 5) is 13.2. The Labute approximate surface area is 106 Å². The largest absolute Gasteiger partial charge is 0.481 e. The van der Waals surface area contributed by atoms with Crippen LogP contribution in [0.15, 0.2) is 18.2 Å². The zero-order valence-corrected chi connectivity index (χ0v) is 10.7. The summed E-state index contributed by atoms with van der Waals surface area (Å²) in [5.41, 5.74) is 0.349. The van der Waals surface area contributed by atoms with Gasteiger partial charge < -0.3 is 10.0 Å². The fourth-order valence-corrected chi connectivity index (χ4v) is 2.47. The lowest BCUT2D eigenvalue weighted by Gasteiger charge is -2.38. The molecule has 0 unspecified atom stereocenters. The van der Waals surface area contributed by atoms with Gasteiger partial charge in [-0.05, 0) is 38.6 Å². The quantitative estimate of drug-likeness (QED) is 0.893. The Balaban J connectivity index is 2.31. The van der Waals surface area contributed by atoms with Crippen molar-refractivity contribution in [2.24, 2.45) is 0 Å². The van der Waals surface area contributed by atoms with E-state index in [-0.39, 0.29) is 5.82 Å². The van der Waals surface area contributed by atoms with Crippen LogP contribution in [0.5, 0.6) is 0 Å². The van der Waals surface area contributed by atoms with Gasteiger partial charge >= 0.3 is 5.97 Å². The van der Waals surface area contributed by atoms with Crippen LogP contribution < -0.4 is 0 Å². The Morgan fingerprint density at radius 3 is 2.50 bits per heavy atom. The van der Waals surface area contributed by atoms with Gasteiger partial charge in [-0.3, -0.25) is 4.79 Å². The van der Waals surface area contributed by atoms with Gasteiger partial charge in [0.15, 0.2) is 0 Å². The van der Waals surface area contributed by atoms with Crippen LogP contribution in [0, 0.1) is 5.82 Å². The molecule has 1 aliphatic rings. The molecule has 0 spiro atoms. The minimum Gasteiger partial charge on any atom is -0.481 e. The van der Waals surface area contributed by atoms with Crippen LogP contribution in [0.2, 0.25) is 0 Å². The molecule has 1 fully saturated rings. The lowest BCUT2D eigenvalue weighted by Crippen LogP contribution is -2.42. The van der Waals surface area contributed by atoms with E-state index >= 15 is 0 Å². The van der Waals surface area contributed by atoms with Crippen molar-refractivity contribution in [2.75, 3.05) is 14.1 Å². The van der Waals surface area contributed by atoms with Gasteiger partial charge in [-0.15, -0.1) is 0 Å². The van der Waals surface area contributed by atoms with Crippen molar-refractivity contribution in [1.29, 1.82) is 0 Å². The van der Waals surface area contributed by atoms with E-state index in [1.807, 2.05) is 19.0 Å². The van der Waals surface area contributed by atoms with Crippen LogP contribution in [-0.4, -0.2) is 30.1 Å². The molecule has 0 aliphatic heterocycles. The highest BCUT2D eigenvalue weighted by molar-refractivity contribution is 5.82. The minimum atomic E-state index is -0.850. The maximum Gasteiger partial charge on any atom is 0.314 e. The number of rotatable bonds is 4. The van der Waals surface area contributed by atoms with E-state index in [2.05, 4.69) is 0 Å². The molecule has 0 bridgehead atoms. The van der Waals surface area contributed by atoms with Crippen molar-refractivity contribution < 1.29 is 14.3 Å². The third kappa shape index (κ3) is 2.12. The predicted molar refractivity (Wildman–Crippen MR) is 67.0 cm³/mol. The van der Waals surface area contributed by atoms with Crippen LogP contribution in [0.3, 0.4) is 0 Å². The number of nitrogens with zero attached hydrogens (tertiary/aromatic N) is 1. The zero-order chi connectivity index (χ0) is 13.3. The molecule has 1 N–H and O–H groups in total. The molecule has 0 aromatic heterocycles. The summed E-state index contributed by atoms with van der Waals surface area (Å²) in [6.07, 6.45) is 2.11. The minimum absolute atomic E-state index is 0.311. The first-order valence-corrected chi connectivity index (χ1v) is 6.13. The van der Waals surface area contributed by atoms with Crippen LogP contribution in [0.25, 0.3) is 0 Å². The maximum absolute atomic E-state index is 13.9. The Kier molecular flexibility index (Phi) is 3.39. The molecule has 1 aromatic carbocycles. The molecule has 4 heteroatoms. The summed E-state index contributed by atoms with van der Waals surface area (Å²) in [7, 11) is 3.75. The Morgan fingerprint density at radius 2 is 2.11 bits per heavy atom. The maximum atomic E-state index is 13.9. The molecule has 1 aliphatic carbocycles. The molecule has 2 rings (SSSR count). The lowest BCUT2D eigenvalue weighted by atomic mass is 9.64. The predicted octanol–water partition coefficient (Wildman–Crippen LogP) is 2.39. The number of hydrogen-bond acceptors (Lipinski definition) is 2. The second kappa shape index (κ2) is 4.69. The van der Waals surface area contributed by atoms with E-state index in [1.165, 1.54) is 6.07 Å². The van der Waals surface area contributed by atoms with E-state index in [0.29, 0.717) is 30.5 Å². The monoisotopic (exact) mass is 251 g/mol. The van der Waals surface area contributed by atoms with Gasteiger partial charge in [0.25, 0.3) is 0 Å². The fourth-order valence-electron chi connectivity index (χ4n) is 2.47. The number of carbonyl (C=O) groups is 1. The second-order valence-electron chi connectivity index (χ2n) is 5.28. The highest BCUT2D eigenvalue weighted by Gasteiger charge is 2.46. The molecular weight excluding hydrogens is 233 g/mol. The zero-order valence-electron chi connectivity index (χ0n) is 10.7. The summed E-state index contributed by atoms with van der Waals surface area (Å²) in [6, 6.07) is 4.86. The van der Waals surface area contributed by atoms with Crippen molar-refractivity contribution >= 4 is 5.97 Å². The van der Waals surface area contributed by atoms with E-state index in [9.17, 15) is 14.3 Å². The van der Waals surface area contributed by atoms with Crippen molar-refractivity contribution in [3.05, 3.63) is 35.1 Å². The normalized spacial score (nSPS) is 17.6. The van der Waals surface area contributed by atoms with Crippen LogP contribution in [0.1, 0.15) is 30.4 Å². The number of hydrogen-bond donors (Lipinski definition) is 1. The van der Waals surface area contributed by atoms with E-state index in [4.69, 9.17) is 0 Å². The van der Waals surface area contributed by atoms with Crippen molar-refractivity contribution in [3.63, 3.8) is 0 Å². The van der Waals surface area contributed by atoms with E-state index in [0.717, 1.165) is 6.42 Å². The SMILES string of the molecule is CN(C)Cc1ccc(C2(C(=O)O)CCC2)cc1F. The Hall–Kier alpha value is -1.42. The Bertz CT molecular complexity index is 467. The Morgan fingerprint density at radius 1 is 1.44 bits per heavy atom. The first kappa shape index (κ1) is 13.0. The van der Waals surface area contributed by atoms with Gasteiger partial charge in [0, 0.05) is 12.1 Å². The third-order valence-electron chi connectivity index (χ3n) is 3.71. The van der Waals surface area contributed by atoms with E-state index < -0.39 is 11.4 Å². The van der Waals surface area contributed by atoms with Crippen molar-refractivity contribution in [1.82, 2.24) is 4.90 Å². The number of aliphatic carboxylic acids is 1. The average Bonchev–Trinajstić information content (AvgIpc) is 2.19. The number of carboxylic acids is 1. The van der Waals surface area contributed by atoms with Gasteiger partial charge in [0.05, 0.1) is 5.41 Å². The topological polar surface area (TPSA) is 40.5 Å². The highest BCUT2D eigenvalue weighted by atomic mass is 19.1. The number of benzene rings is 1. The fraction of sp³-hybridized carbons (Fsp3) is 0.500. The highest BCUT2D eigenvalue weighted by Crippen LogP contribution is 2.44. The first-order valence-electron chi connectivity index (χ1n) is 6.13. The van der Waals surface area contributed by atoms with Crippen LogP contribution in [-0.2, 0) is 16.8 Å². The summed E-state index contributed by atoms with van der Waals surface area (Å²) < 4.78 is 13.9. The van der Waals surface area contributed by atoms with Crippen molar-refractivity contribution in [3.8, 4) is 0 Å². The average molecular weight is 251 g/mol. The lowest BCUT2D eigenvalue weighted by molar-refractivity contribution is -0.147. The van der Waals surface area contributed by atoms with Gasteiger partial charge in [0.2, 0.25) is 0 Å².